The molecule has 1 atom stereocenters. The van der Waals surface area contributed by atoms with Crippen LogP contribution in [-0.4, -0.2) is 27.8 Å². The Balaban J connectivity index is 0.000000360. The first-order chi connectivity index (χ1) is 8.51. The maximum atomic E-state index is 9.76. The van der Waals surface area contributed by atoms with Crippen LogP contribution >= 0.6 is 0 Å². The number of carboxylic acid groups (broad SMARTS) is 1. The number of hydrogen-bond donors (Lipinski definition) is 4. The van der Waals surface area contributed by atoms with E-state index >= 15 is 0 Å². The van der Waals surface area contributed by atoms with Crippen LogP contribution in [0.1, 0.15) is 37.9 Å². The van der Waals surface area contributed by atoms with Crippen molar-refractivity contribution >= 4 is 5.97 Å². The first-order valence-corrected chi connectivity index (χ1v) is 5.90. The molecule has 1 aromatic carbocycles. The van der Waals surface area contributed by atoms with Crippen LogP contribution in [0.5, 0.6) is 5.75 Å². The van der Waals surface area contributed by atoms with Crippen LogP contribution in [0.25, 0.3) is 0 Å². The van der Waals surface area contributed by atoms with Gasteiger partial charge in [-0.15, -0.1) is 0 Å². The fourth-order valence-electron chi connectivity index (χ4n) is 1.16. The number of carboxylic acids is 1. The molecule has 5 N–H and O–H groups in total. The third kappa shape index (κ3) is 7.65. The Morgan fingerprint density at radius 3 is 2.22 bits per heavy atom. The molecular formula is C13H21NO4. The van der Waals surface area contributed by atoms with E-state index in [1.165, 1.54) is 12.1 Å². The summed E-state index contributed by atoms with van der Waals surface area (Å²) in [4.78, 5) is 9.76. The third-order valence-electron chi connectivity index (χ3n) is 2.25. The van der Waals surface area contributed by atoms with E-state index in [4.69, 9.17) is 15.9 Å². The summed E-state index contributed by atoms with van der Waals surface area (Å²) in [5.41, 5.74) is 5.96. The van der Waals surface area contributed by atoms with Gasteiger partial charge in [0.05, 0.1) is 6.10 Å². The smallest absolute Gasteiger partial charge is 0.303 e. The second kappa shape index (κ2) is 9.44. The van der Waals surface area contributed by atoms with Crippen molar-refractivity contribution in [2.24, 2.45) is 5.73 Å². The van der Waals surface area contributed by atoms with Crippen LogP contribution < -0.4 is 5.73 Å². The van der Waals surface area contributed by atoms with Gasteiger partial charge in [0.25, 0.3) is 0 Å². The first-order valence-electron chi connectivity index (χ1n) is 5.90. The monoisotopic (exact) mass is 255 g/mol. The van der Waals surface area contributed by atoms with Crippen LogP contribution in [0.3, 0.4) is 0 Å². The number of nitrogens with two attached hydrogens (primary N) is 1. The van der Waals surface area contributed by atoms with E-state index in [0.717, 1.165) is 18.4 Å². The lowest BCUT2D eigenvalue weighted by Gasteiger charge is -2.06. The minimum atomic E-state index is -0.693. The molecule has 18 heavy (non-hydrogen) atoms. The van der Waals surface area contributed by atoms with Crippen LogP contribution in [0.2, 0.25) is 0 Å². The quantitative estimate of drug-likeness (QED) is 0.640. The third-order valence-corrected chi connectivity index (χ3v) is 2.25. The topological polar surface area (TPSA) is 104 Å². The highest BCUT2D eigenvalue weighted by Gasteiger charge is 2.02. The number of rotatable bonds is 5. The standard InChI is InChI=1S/C8H11NO2.C5H10O2/c9-5-8(11)6-1-3-7(10)4-2-6;1-2-3-4-5(6)7/h1-4,8,10-11H,5,9H2;2-4H2,1H3,(H,6,7). The van der Waals surface area contributed by atoms with Gasteiger partial charge in [-0.1, -0.05) is 25.5 Å². The summed E-state index contributed by atoms with van der Waals surface area (Å²) in [6.07, 6.45) is 1.45. The fourth-order valence-corrected chi connectivity index (χ4v) is 1.16. The molecule has 1 aromatic rings. The predicted molar refractivity (Wildman–Crippen MR) is 69.3 cm³/mol. The average Bonchev–Trinajstić information content (AvgIpc) is 2.37. The molecule has 0 saturated heterocycles. The van der Waals surface area contributed by atoms with E-state index in [0.29, 0.717) is 6.42 Å². The van der Waals surface area contributed by atoms with Crippen molar-refractivity contribution in [3.8, 4) is 5.75 Å². The number of unbranched alkanes of at least 4 members (excludes halogenated alkanes) is 1. The molecule has 0 aliphatic rings. The summed E-state index contributed by atoms with van der Waals surface area (Å²) < 4.78 is 0. The number of aliphatic hydroxyl groups is 1. The number of aliphatic hydroxyl groups excluding tert-OH is 1. The van der Waals surface area contributed by atoms with Crippen LogP contribution in [-0.2, 0) is 4.79 Å². The number of carbonyl (C=O) groups is 1. The van der Waals surface area contributed by atoms with Crippen molar-refractivity contribution in [3.63, 3.8) is 0 Å². The normalized spacial score (nSPS) is 11.3. The van der Waals surface area contributed by atoms with E-state index in [9.17, 15) is 9.90 Å². The molecule has 5 heteroatoms. The molecule has 0 heterocycles. The molecule has 102 valence electrons. The van der Waals surface area contributed by atoms with Crippen molar-refractivity contribution in [1.29, 1.82) is 0 Å². The number of hydrogen-bond acceptors (Lipinski definition) is 4. The predicted octanol–water partition coefficient (Wildman–Crippen LogP) is 1.65. The average molecular weight is 255 g/mol. The zero-order chi connectivity index (χ0) is 14.0. The minimum Gasteiger partial charge on any atom is -0.508 e. The summed E-state index contributed by atoms with van der Waals surface area (Å²) in [5, 5.41) is 26.2. The molecule has 0 aliphatic carbocycles. The molecule has 0 amide bonds. The van der Waals surface area contributed by atoms with Gasteiger partial charge in [-0.05, 0) is 24.1 Å². The molecule has 5 nitrogen and oxygen atoms in total. The van der Waals surface area contributed by atoms with Crippen LogP contribution in [0, 0.1) is 0 Å². The highest BCUT2D eigenvalue weighted by molar-refractivity contribution is 5.66. The summed E-state index contributed by atoms with van der Waals surface area (Å²) in [6.45, 7) is 2.17. The number of benzene rings is 1. The molecule has 0 radical (unpaired) electrons. The van der Waals surface area contributed by atoms with Gasteiger partial charge in [-0.3, -0.25) is 4.79 Å². The van der Waals surface area contributed by atoms with E-state index in [1.807, 2.05) is 6.92 Å². The van der Waals surface area contributed by atoms with Crippen molar-refractivity contribution in [2.45, 2.75) is 32.3 Å². The molecule has 1 unspecified atom stereocenters. The fraction of sp³-hybridized carbons (Fsp3) is 0.462. The van der Waals surface area contributed by atoms with Crippen LogP contribution in [0.15, 0.2) is 24.3 Å². The Hall–Kier alpha value is -1.59. The minimum absolute atomic E-state index is 0.193. The van der Waals surface area contributed by atoms with Gasteiger partial charge in [-0.2, -0.15) is 0 Å². The SMILES string of the molecule is CCCCC(=O)O.NCC(O)c1ccc(O)cc1. The Morgan fingerprint density at radius 1 is 1.33 bits per heavy atom. The molecule has 0 aromatic heterocycles. The van der Waals surface area contributed by atoms with Crippen LogP contribution in [0.4, 0.5) is 0 Å². The summed E-state index contributed by atoms with van der Waals surface area (Å²) in [7, 11) is 0. The zero-order valence-corrected chi connectivity index (χ0v) is 10.5. The largest absolute Gasteiger partial charge is 0.508 e. The summed E-state index contributed by atoms with van der Waals surface area (Å²) >= 11 is 0. The Kier molecular flexibility index (Phi) is 8.61. The lowest BCUT2D eigenvalue weighted by Crippen LogP contribution is -2.10. The Labute approximate surface area is 107 Å². The highest BCUT2D eigenvalue weighted by atomic mass is 16.4. The number of phenols is 1. The van der Waals surface area contributed by atoms with Gasteiger partial charge < -0.3 is 21.1 Å². The lowest BCUT2D eigenvalue weighted by molar-refractivity contribution is -0.137. The molecule has 0 aliphatic heterocycles. The van der Waals surface area contributed by atoms with E-state index in [-0.39, 0.29) is 12.3 Å². The first kappa shape index (κ1) is 16.4. The zero-order valence-electron chi connectivity index (χ0n) is 10.5. The number of aromatic hydroxyl groups is 1. The summed E-state index contributed by atoms with van der Waals surface area (Å²) in [5.74, 6) is -0.500. The molecular weight excluding hydrogens is 234 g/mol. The maximum Gasteiger partial charge on any atom is 0.303 e. The van der Waals surface area contributed by atoms with E-state index < -0.39 is 12.1 Å². The number of aliphatic carboxylic acids is 1. The van der Waals surface area contributed by atoms with Crippen molar-refractivity contribution in [2.75, 3.05) is 6.54 Å². The van der Waals surface area contributed by atoms with Crippen molar-refractivity contribution in [1.82, 2.24) is 0 Å². The Bertz CT molecular complexity index is 337. The molecule has 0 fully saturated rings. The molecule has 0 saturated carbocycles. The molecule has 1 rings (SSSR count). The molecule has 0 bridgehead atoms. The van der Waals surface area contributed by atoms with Crippen molar-refractivity contribution < 1.29 is 20.1 Å². The maximum absolute atomic E-state index is 9.76. The van der Waals surface area contributed by atoms with Gasteiger partial charge in [0.1, 0.15) is 5.75 Å². The van der Waals surface area contributed by atoms with E-state index in [2.05, 4.69) is 0 Å². The number of phenolic OH excluding ortho intramolecular Hbond substituents is 1. The summed E-state index contributed by atoms with van der Waals surface area (Å²) in [6, 6.07) is 6.34. The van der Waals surface area contributed by atoms with Gasteiger partial charge in [0.15, 0.2) is 0 Å². The van der Waals surface area contributed by atoms with Gasteiger partial charge in [-0.25, -0.2) is 0 Å². The highest BCUT2D eigenvalue weighted by Crippen LogP contribution is 2.15. The van der Waals surface area contributed by atoms with Gasteiger partial charge >= 0.3 is 5.97 Å². The second-order valence-electron chi connectivity index (χ2n) is 3.84. The van der Waals surface area contributed by atoms with Gasteiger partial charge in [0, 0.05) is 13.0 Å². The van der Waals surface area contributed by atoms with E-state index in [1.54, 1.807) is 12.1 Å². The Morgan fingerprint density at radius 2 is 1.89 bits per heavy atom. The molecule has 0 spiro atoms. The lowest BCUT2D eigenvalue weighted by atomic mass is 10.1. The van der Waals surface area contributed by atoms with Gasteiger partial charge in [0.2, 0.25) is 0 Å². The second-order valence-corrected chi connectivity index (χ2v) is 3.84. The van der Waals surface area contributed by atoms with Crippen molar-refractivity contribution in [3.05, 3.63) is 29.8 Å².